The molecule has 0 N–H and O–H groups in total. The lowest BCUT2D eigenvalue weighted by molar-refractivity contribution is -0.141. The fraction of sp³-hybridized carbons (Fsp3) is 0.351. The first-order chi connectivity index (χ1) is 20.9. The van der Waals surface area contributed by atoms with Crippen LogP contribution in [0.5, 0.6) is 0 Å². The number of rotatable bonds is 10. The second-order valence-electron chi connectivity index (χ2n) is 12.7. The summed E-state index contributed by atoms with van der Waals surface area (Å²) in [4.78, 5) is 26.8. The number of esters is 2. The van der Waals surface area contributed by atoms with Crippen molar-refractivity contribution in [1.82, 2.24) is 0 Å². The van der Waals surface area contributed by atoms with E-state index < -0.39 is 31.8 Å². The van der Waals surface area contributed by atoms with Crippen molar-refractivity contribution in [3.8, 4) is 0 Å². The van der Waals surface area contributed by atoms with E-state index in [0.717, 1.165) is 21.5 Å². The highest BCUT2D eigenvalue weighted by molar-refractivity contribution is 6.99. The molecule has 0 saturated heterocycles. The summed E-state index contributed by atoms with van der Waals surface area (Å²) in [6.07, 6.45) is 0.684. The van der Waals surface area contributed by atoms with Crippen LogP contribution in [-0.2, 0) is 28.2 Å². The lowest BCUT2D eigenvalue weighted by Crippen LogP contribution is -2.66. The molecule has 0 fully saturated rings. The van der Waals surface area contributed by atoms with Crippen molar-refractivity contribution in [2.45, 2.75) is 58.8 Å². The van der Waals surface area contributed by atoms with Crippen molar-refractivity contribution >= 4 is 30.6 Å². The lowest BCUT2D eigenvalue weighted by atomic mass is 9.70. The van der Waals surface area contributed by atoms with Gasteiger partial charge in [0, 0.05) is 5.41 Å². The average Bonchev–Trinajstić information content (AvgIpc) is 3.02. The summed E-state index contributed by atoms with van der Waals surface area (Å²) in [5, 5.41) is 2.06. The van der Waals surface area contributed by atoms with Gasteiger partial charge in [-0.25, -0.2) is 9.59 Å². The van der Waals surface area contributed by atoms with E-state index in [4.69, 9.17) is 18.6 Å². The molecular weight excluding hydrogens is 568 g/mol. The first-order valence-corrected chi connectivity index (χ1v) is 16.9. The maximum atomic E-state index is 13.5. The molecule has 44 heavy (non-hydrogen) atoms. The maximum Gasteiger partial charge on any atom is 0.337 e. The fourth-order valence-electron chi connectivity index (χ4n) is 6.22. The minimum absolute atomic E-state index is 0.140. The van der Waals surface area contributed by atoms with Crippen LogP contribution in [0.2, 0.25) is 5.04 Å². The quantitative estimate of drug-likeness (QED) is 0.152. The molecular formula is C37H44O6Si. The second kappa shape index (κ2) is 13.5. The normalized spacial score (nSPS) is 17.5. The number of carbonyl (C=O) groups excluding carboxylic acids is 2. The molecule has 0 spiro atoms. The highest BCUT2D eigenvalue weighted by atomic mass is 28.4. The van der Waals surface area contributed by atoms with E-state index in [1.54, 1.807) is 0 Å². The van der Waals surface area contributed by atoms with Gasteiger partial charge >= 0.3 is 11.9 Å². The van der Waals surface area contributed by atoms with Gasteiger partial charge < -0.3 is 18.6 Å². The highest BCUT2D eigenvalue weighted by Crippen LogP contribution is 2.45. The Bertz CT molecular complexity index is 1460. The molecule has 1 unspecified atom stereocenters. The van der Waals surface area contributed by atoms with E-state index in [2.05, 4.69) is 69.3 Å². The van der Waals surface area contributed by atoms with Crippen LogP contribution in [0.25, 0.3) is 0 Å². The van der Waals surface area contributed by atoms with Crippen LogP contribution in [0, 0.1) is 5.41 Å². The summed E-state index contributed by atoms with van der Waals surface area (Å²) >= 11 is 0. The summed E-state index contributed by atoms with van der Waals surface area (Å²) in [6.45, 7) is 12.6. The van der Waals surface area contributed by atoms with Gasteiger partial charge in [0.1, 0.15) is 6.10 Å². The van der Waals surface area contributed by atoms with Crippen LogP contribution in [0.15, 0.2) is 114 Å². The Balaban J connectivity index is 1.87. The molecule has 1 aliphatic rings. The van der Waals surface area contributed by atoms with Crippen LogP contribution < -0.4 is 10.4 Å². The summed E-state index contributed by atoms with van der Waals surface area (Å²) in [6, 6.07) is 30.6. The van der Waals surface area contributed by atoms with E-state index >= 15 is 0 Å². The van der Waals surface area contributed by atoms with Crippen molar-refractivity contribution < 1.29 is 28.2 Å². The third-order valence-corrected chi connectivity index (χ3v) is 13.6. The predicted molar refractivity (Wildman–Crippen MR) is 176 cm³/mol. The SMILES string of the molecule is COC(=O)C1=C(C(=O)OC)C(C)(C)C(CO[Si](c2ccccc2)(c2ccccc2)C(C)(C)C)=CC1O[C@@H](C)c1ccccc1. The van der Waals surface area contributed by atoms with E-state index in [0.29, 0.717) is 0 Å². The molecule has 0 bridgehead atoms. The molecule has 3 aromatic carbocycles. The summed E-state index contributed by atoms with van der Waals surface area (Å²) in [5.74, 6) is -1.24. The summed E-state index contributed by atoms with van der Waals surface area (Å²) in [5.41, 5.74) is 1.20. The Kier molecular flexibility index (Phi) is 10.1. The minimum atomic E-state index is -2.91. The summed E-state index contributed by atoms with van der Waals surface area (Å²) in [7, 11) is -0.286. The monoisotopic (exact) mass is 612 g/mol. The van der Waals surface area contributed by atoms with E-state index in [1.807, 2.05) is 69.3 Å². The van der Waals surface area contributed by atoms with E-state index in [1.165, 1.54) is 14.2 Å². The van der Waals surface area contributed by atoms with Gasteiger partial charge in [0.05, 0.1) is 38.1 Å². The van der Waals surface area contributed by atoms with E-state index in [9.17, 15) is 9.59 Å². The maximum absolute atomic E-state index is 13.5. The Labute approximate surface area is 262 Å². The molecule has 0 aliphatic heterocycles. The molecule has 2 atom stereocenters. The molecule has 232 valence electrons. The largest absolute Gasteiger partial charge is 0.466 e. The molecule has 1 aliphatic carbocycles. The number of benzene rings is 3. The molecule has 0 radical (unpaired) electrons. The smallest absolute Gasteiger partial charge is 0.337 e. The van der Waals surface area contributed by atoms with Gasteiger partial charge in [-0.2, -0.15) is 0 Å². The molecule has 4 rings (SSSR count). The number of hydrogen-bond donors (Lipinski definition) is 0. The molecule has 0 aromatic heterocycles. The van der Waals surface area contributed by atoms with Crippen molar-refractivity contribution in [2.75, 3.05) is 20.8 Å². The van der Waals surface area contributed by atoms with Crippen LogP contribution in [0.1, 0.15) is 53.2 Å². The fourth-order valence-corrected chi connectivity index (χ4v) is 10.7. The molecule has 0 heterocycles. The van der Waals surface area contributed by atoms with Gasteiger partial charge in [0.15, 0.2) is 0 Å². The van der Waals surface area contributed by atoms with Crippen LogP contribution >= 0.6 is 0 Å². The molecule has 6 nitrogen and oxygen atoms in total. The number of methoxy groups -OCH3 is 2. The highest BCUT2D eigenvalue weighted by Gasteiger charge is 2.52. The van der Waals surface area contributed by atoms with Gasteiger partial charge in [-0.3, -0.25) is 0 Å². The van der Waals surface area contributed by atoms with Crippen molar-refractivity contribution in [3.05, 3.63) is 119 Å². The lowest BCUT2D eigenvalue weighted by Gasteiger charge is -2.45. The van der Waals surface area contributed by atoms with Gasteiger partial charge in [-0.15, -0.1) is 0 Å². The standard InChI is InChI=1S/C37H44O6Si/c1-26(27-18-12-9-13-19-27)43-31-24-28(37(5,6)33(35(39)41-8)32(31)34(38)40-7)25-42-44(36(2,3)4,29-20-14-10-15-21-29)30-22-16-11-17-23-30/h9-24,26,31H,25H2,1-8H3/t26-,31?/m0/s1. The third-order valence-electron chi connectivity index (χ3n) is 8.61. The molecule has 7 heteroatoms. The Hall–Kier alpha value is -3.78. The van der Waals surface area contributed by atoms with Gasteiger partial charge in [-0.1, -0.05) is 126 Å². The van der Waals surface area contributed by atoms with Gasteiger partial charge in [0.25, 0.3) is 8.32 Å². The third kappa shape index (κ3) is 6.36. The van der Waals surface area contributed by atoms with Crippen LogP contribution in [0.4, 0.5) is 0 Å². The van der Waals surface area contributed by atoms with E-state index in [-0.39, 0.29) is 28.9 Å². The zero-order valence-corrected chi connectivity index (χ0v) is 28.0. The first-order valence-electron chi connectivity index (χ1n) is 15.0. The molecule has 3 aromatic rings. The van der Waals surface area contributed by atoms with Crippen LogP contribution in [-0.4, -0.2) is 47.2 Å². The zero-order chi connectivity index (χ0) is 32.1. The van der Waals surface area contributed by atoms with Crippen molar-refractivity contribution in [3.63, 3.8) is 0 Å². The number of carbonyl (C=O) groups is 2. The minimum Gasteiger partial charge on any atom is -0.466 e. The van der Waals surface area contributed by atoms with Gasteiger partial charge in [0.2, 0.25) is 0 Å². The van der Waals surface area contributed by atoms with Crippen molar-refractivity contribution in [2.24, 2.45) is 5.41 Å². The molecule has 0 saturated carbocycles. The zero-order valence-electron chi connectivity index (χ0n) is 27.0. The Morgan fingerprint density at radius 3 is 1.73 bits per heavy atom. The second-order valence-corrected chi connectivity index (χ2v) is 17.0. The Morgan fingerprint density at radius 2 is 1.27 bits per heavy atom. The molecule has 0 amide bonds. The van der Waals surface area contributed by atoms with Gasteiger partial charge in [-0.05, 0) is 39.5 Å². The Morgan fingerprint density at radius 1 is 0.795 bits per heavy atom. The first kappa shape index (κ1) is 33.1. The topological polar surface area (TPSA) is 71.1 Å². The number of hydrogen-bond acceptors (Lipinski definition) is 6. The predicted octanol–water partition coefficient (Wildman–Crippen LogP) is 6.32. The number of ether oxygens (including phenoxy) is 3. The van der Waals surface area contributed by atoms with Crippen molar-refractivity contribution in [1.29, 1.82) is 0 Å². The van der Waals surface area contributed by atoms with Crippen LogP contribution in [0.3, 0.4) is 0 Å². The average molecular weight is 613 g/mol. The summed E-state index contributed by atoms with van der Waals surface area (Å²) < 4.78 is 24.3.